The number of carbonyl (C=O) groups excluding carboxylic acids is 1. The van der Waals surface area contributed by atoms with Crippen LogP contribution in [-0.4, -0.2) is 45.5 Å². The lowest BCUT2D eigenvalue weighted by atomic mass is 9.71. The smallest absolute Gasteiger partial charge is 0.233 e. The molecule has 3 fully saturated rings. The summed E-state index contributed by atoms with van der Waals surface area (Å²) in [6.07, 6.45) is 13.0. The Morgan fingerprint density at radius 3 is 2.47 bits per heavy atom. The van der Waals surface area contributed by atoms with E-state index in [1.165, 1.54) is 27.9 Å². The Morgan fingerprint density at radius 1 is 1.06 bits per heavy atom. The Hall–Kier alpha value is -2.66. The van der Waals surface area contributed by atoms with Gasteiger partial charge in [0.25, 0.3) is 0 Å². The number of nitrogens with zero attached hydrogens (tertiary/aromatic N) is 3. The molecule has 3 aliphatic rings. The highest BCUT2D eigenvalue weighted by molar-refractivity contribution is 5.89. The summed E-state index contributed by atoms with van der Waals surface area (Å²) in [6, 6.07) is 11.7. The van der Waals surface area contributed by atoms with Crippen LogP contribution in [0.3, 0.4) is 0 Å². The summed E-state index contributed by atoms with van der Waals surface area (Å²) in [5.41, 5.74) is 5.63. The molecule has 5 nitrogen and oxygen atoms in total. The van der Waals surface area contributed by atoms with Gasteiger partial charge in [-0.2, -0.15) is 0 Å². The first-order valence-corrected chi connectivity index (χ1v) is 12.9. The van der Waals surface area contributed by atoms with Gasteiger partial charge in [0.1, 0.15) is 0 Å². The molecule has 1 aromatic carbocycles. The molecule has 6 rings (SSSR count). The fraction of sp³-hybridized carbons (Fsp3) is 0.517. The zero-order valence-electron chi connectivity index (χ0n) is 20.4. The van der Waals surface area contributed by atoms with Crippen molar-refractivity contribution in [1.29, 1.82) is 0 Å². The van der Waals surface area contributed by atoms with Crippen LogP contribution in [0.1, 0.15) is 60.9 Å². The summed E-state index contributed by atoms with van der Waals surface area (Å²) in [4.78, 5) is 21.5. The van der Waals surface area contributed by atoms with Gasteiger partial charge in [0.15, 0.2) is 0 Å². The van der Waals surface area contributed by atoms with Crippen LogP contribution in [0.5, 0.6) is 0 Å². The zero-order chi connectivity index (χ0) is 23.3. The summed E-state index contributed by atoms with van der Waals surface area (Å²) in [7, 11) is 0. The highest BCUT2D eigenvalue weighted by Crippen LogP contribution is 2.45. The Morgan fingerprint density at radius 2 is 1.76 bits per heavy atom. The number of rotatable bonds is 4. The van der Waals surface area contributed by atoms with Gasteiger partial charge in [-0.15, -0.1) is 0 Å². The van der Waals surface area contributed by atoms with Gasteiger partial charge in [0.2, 0.25) is 5.91 Å². The van der Waals surface area contributed by atoms with E-state index in [-0.39, 0.29) is 0 Å². The Balaban J connectivity index is 1.26. The number of aromatic nitrogens is 2. The van der Waals surface area contributed by atoms with Crippen LogP contribution < -0.4 is 0 Å². The van der Waals surface area contributed by atoms with E-state index in [2.05, 4.69) is 59.7 Å². The second-order valence-corrected chi connectivity index (χ2v) is 10.9. The van der Waals surface area contributed by atoms with Crippen molar-refractivity contribution in [2.24, 2.45) is 5.92 Å². The maximum Gasteiger partial charge on any atom is 0.233 e. The van der Waals surface area contributed by atoms with Gasteiger partial charge in [-0.05, 0) is 82.4 Å². The van der Waals surface area contributed by atoms with Gasteiger partial charge in [0, 0.05) is 43.9 Å². The average molecular weight is 458 g/mol. The summed E-state index contributed by atoms with van der Waals surface area (Å²) in [5, 5.41) is 0. The second kappa shape index (κ2) is 8.53. The normalized spacial score (nSPS) is 26.2. The Bertz CT molecular complexity index is 1170. The number of fused-ring (bicyclic) bond motifs is 3. The standard InChI is InChI=1S/C29H35N3O2/c1-20-14-21(2)16-23(15-20)29(7-12-34-13-8-29)28(33)32-24-5-6-25(32)18-22(17-24)19-26-27-4-3-10-31(27)11-9-30-26/h3-4,9-11,14-16,22,24-25H,5-8,12-13,17-19H2,1-2H3. The molecule has 178 valence electrons. The van der Waals surface area contributed by atoms with Crippen molar-refractivity contribution in [3.63, 3.8) is 0 Å². The van der Waals surface area contributed by atoms with E-state index in [4.69, 9.17) is 9.72 Å². The van der Waals surface area contributed by atoms with Crippen LogP contribution >= 0.6 is 0 Å². The number of carbonyl (C=O) groups is 1. The van der Waals surface area contributed by atoms with E-state index in [9.17, 15) is 4.79 Å². The zero-order valence-corrected chi connectivity index (χ0v) is 20.4. The van der Waals surface area contributed by atoms with Crippen LogP contribution in [-0.2, 0) is 21.4 Å². The quantitative estimate of drug-likeness (QED) is 0.553. The maximum absolute atomic E-state index is 14.4. The number of ether oxygens (including phenoxy) is 1. The molecule has 0 aliphatic carbocycles. The van der Waals surface area contributed by atoms with Gasteiger partial charge < -0.3 is 14.0 Å². The van der Waals surface area contributed by atoms with Gasteiger partial charge in [-0.25, -0.2) is 0 Å². The lowest BCUT2D eigenvalue weighted by molar-refractivity contribution is -0.146. The molecular formula is C29H35N3O2. The van der Waals surface area contributed by atoms with Crippen molar-refractivity contribution in [3.05, 3.63) is 71.3 Å². The van der Waals surface area contributed by atoms with E-state index in [1.54, 1.807) is 0 Å². The third-order valence-electron chi connectivity index (χ3n) is 8.61. The molecule has 2 atom stereocenters. The summed E-state index contributed by atoms with van der Waals surface area (Å²) < 4.78 is 7.91. The predicted molar refractivity (Wildman–Crippen MR) is 133 cm³/mol. The molecule has 3 aliphatic heterocycles. The molecule has 2 aromatic heterocycles. The molecule has 1 amide bonds. The summed E-state index contributed by atoms with van der Waals surface area (Å²) in [6.45, 7) is 5.61. The molecule has 3 saturated heterocycles. The molecule has 0 saturated carbocycles. The van der Waals surface area contributed by atoms with E-state index < -0.39 is 5.41 Å². The van der Waals surface area contributed by atoms with Crippen molar-refractivity contribution >= 4 is 11.4 Å². The second-order valence-electron chi connectivity index (χ2n) is 10.9. The molecule has 0 N–H and O–H groups in total. The van der Waals surface area contributed by atoms with Gasteiger partial charge in [-0.3, -0.25) is 9.78 Å². The summed E-state index contributed by atoms with van der Waals surface area (Å²) >= 11 is 0. The number of hydrogen-bond donors (Lipinski definition) is 0. The molecule has 2 unspecified atom stereocenters. The minimum atomic E-state index is -0.443. The van der Waals surface area contributed by atoms with Crippen molar-refractivity contribution in [2.75, 3.05) is 13.2 Å². The lowest BCUT2D eigenvalue weighted by Crippen LogP contribution is -2.56. The van der Waals surface area contributed by atoms with E-state index in [1.807, 2.05) is 12.4 Å². The van der Waals surface area contributed by atoms with E-state index >= 15 is 0 Å². The van der Waals surface area contributed by atoms with Gasteiger partial charge in [0.05, 0.1) is 16.6 Å². The van der Waals surface area contributed by atoms with Crippen LogP contribution in [0.4, 0.5) is 0 Å². The SMILES string of the molecule is Cc1cc(C)cc(C2(C(=O)N3C4CCC3CC(Cc3nccn5cccc35)C4)CCOCC2)c1. The third kappa shape index (κ3) is 3.65. The largest absolute Gasteiger partial charge is 0.381 e. The van der Waals surface area contributed by atoms with Gasteiger partial charge in [-0.1, -0.05) is 29.3 Å². The molecular weight excluding hydrogens is 422 g/mol. The Labute approximate surface area is 202 Å². The average Bonchev–Trinajstić information content (AvgIpc) is 3.41. The highest BCUT2D eigenvalue weighted by Gasteiger charge is 2.51. The highest BCUT2D eigenvalue weighted by atomic mass is 16.5. The number of benzene rings is 1. The van der Waals surface area contributed by atoms with Crippen LogP contribution in [0.25, 0.3) is 5.52 Å². The third-order valence-corrected chi connectivity index (χ3v) is 8.61. The van der Waals surface area contributed by atoms with E-state index in [0.29, 0.717) is 37.1 Å². The fourth-order valence-corrected chi connectivity index (χ4v) is 7.09. The van der Waals surface area contributed by atoms with Crippen molar-refractivity contribution in [3.8, 4) is 0 Å². The first kappa shape index (κ1) is 21.8. The monoisotopic (exact) mass is 457 g/mol. The van der Waals surface area contributed by atoms with Gasteiger partial charge >= 0.3 is 0 Å². The maximum atomic E-state index is 14.4. The fourth-order valence-electron chi connectivity index (χ4n) is 7.09. The topological polar surface area (TPSA) is 46.8 Å². The number of aryl methyl sites for hydroxylation is 2. The Kier molecular flexibility index (Phi) is 5.48. The van der Waals surface area contributed by atoms with Crippen LogP contribution in [0.15, 0.2) is 48.9 Å². The molecule has 2 bridgehead atoms. The predicted octanol–water partition coefficient (Wildman–Crippen LogP) is 5.01. The van der Waals surface area contributed by atoms with E-state index in [0.717, 1.165) is 44.9 Å². The minimum Gasteiger partial charge on any atom is -0.381 e. The molecule has 5 heterocycles. The molecule has 0 radical (unpaired) electrons. The number of hydrogen-bond acceptors (Lipinski definition) is 3. The molecule has 34 heavy (non-hydrogen) atoms. The van der Waals surface area contributed by atoms with Crippen LogP contribution in [0.2, 0.25) is 0 Å². The number of piperidine rings is 1. The first-order valence-electron chi connectivity index (χ1n) is 12.9. The molecule has 3 aromatic rings. The molecule has 0 spiro atoms. The van der Waals surface area contributed by atoms with Crippen molar-refractivity contribution in [2.45, 2.75) is 76.3 Å². The molecule has 5 heteroatoms. The van der Waals surface area contributed by atoms with Crippen LogP contribution in [0, 0.1) is 19.8 Å². The number of amides is 1. The van der Waals surface area contributed by atoms with Crippen molar-refractivity contribution in [1.82, 2.24) is 14.3 Å². The summed E-state index contributed by atoms with van der Waals surface area (Å²) in [5.74, 6) is 0.945. The first-order chi connectivity index (χ1) is 16.5. The lowest BCUT2D eigenvalue weighted by Gasteiger charge is -2.46. The minimum absolute atomic E-state index is 0.355. The van der Waals surface area contributed by atoms with Crippen molar-refractivity contribution < 1.29 is 9.53 Å².